The van der Waals surface area contributed by atoms with Crippen LogP contribution in [0.1, 0.15) is 17.0 Å². The van der Waals surface area contributed by atoms with E-state index in [1.165, 1.54) is 4.68 Å². The third-order valence-corrected chi connectivity index (χ3v) is 3.53. The molecule has 0 fully saturated rings. The zero-order valence-corrected chi connectivity index (χ0v) is 13.1. The maximum atomic E-state index is 12.1. The number of nitrogens with one attached hydrogen (secondary N) is 1. The number of rotatable bonds is 4. The first-order valence-corrected chi connectivity index (χ1v) is 6.91. The summed E-state index contributed by atoms with van der Waals surface area (Å²) in [4.78, 5) is 22.6. The first-order chi connectivity index (χ1) is 10.3. The second-order valence-corrected chi connectivity index (χ2v) is 5.38. The van der Waals surface area contributed by atoms with E-state index in [9.17, 15) is 14.9 Å². The van der Waals surface area contributed by atoms with Gasteiger partial charge in [0.2, 0.25) is 5.91 Å². The molecule has 0 aliphatic carbocycles. The van der Waals surface area contributed by atoms with Gasteiger partial charge in [0.1, 0.15) is 17.9 Å². The Balaban J connectivity index is 2.18. The molecule has 0 bridgehead atoms. The minimum Gasteiger partial charge on any atom is -0.324 e. The Kier molecular flexibility index (Phi) is 4.46. The van der Waals surface area contributed by atoms with Crippen molar-refractivity contribution in [3.05, 3.63) is 50.3 Å². The van der Waals surface area contributed by atoms with Crippen LogP contribution in [0.5, 0.6) is 0 Å². The van der Waals surface area contributed by atoms with Crippen molar-refractivity contribution in [1.82, 2.24) is 9.78 Å². The fourth-order valence-electron chi connectivity index (χ4n) is 2.16. The molecule has 2 aromatic rings. The summed E-state index contributed by atoms with van der Waals surface area (Å²) in [5.74, 6) is -0.328. The monoisotopic (exact) mass is 322 g/mol. The molecule has 0 unspecified atom stereocenters. The zero-order valence-electron chi connectivity index (χ0n) is 12.4. The number of hydrogen-bond acceptors (Lipinski definition) is 4. The second-order valence-electron chi connectivity index (χ2n) is 4.94. The van der Waals surface area contributed by atoms with Gasteiger partial charge in [-0.3, -0.25) is 19.6 Å². The minimum absolute atomic E-state index is 0.0632. The normalized spacial score (nSPS) is 10.5. The highest BCUT2D eigenvalue weighted by Crippen LogP contribution is 2.23. The fourth-order valence-corrected chi connectivity index (χ4v) is 2.33. The van der Waals surface area contributed by atoms with Crippen molar-refractivity contribution < 1.29 is 9.72 Å². The average Bonchev–Trinajstić information content (AvgIpc) is 2.68. The van der Waals surface area contributed by atoms with Gasteiger partial charge in [0.05, 0.1) is 4.92 Å². The van der Waals surface area contributed by atoms with Gasteiger partial charge in [0.25, 0.3) is 0 Å². The van der Waals surface area contributed by atoms with E-state index < -0.39 is 4.92 Å². The molecule has 0 atom stereocenters. The molecule has 0 aliphatic heterocycles. The van der Waals surface area contributed by atoms with E-state index in [0.29, 0.717) is 16.4 Å². The van der Waals surface area contributed by atoms with E-state index in [2.05, 4.69) is 10.4 Å². The van der Waals surface area contributed by atoms with Crippen molar-refractivity contribution in [3.63, 3.8) is 0 Å². The second kappa shape index (κ2) is 6.15. The van der Waals surface area contributed by atoms with Crippen LogP contribution in [0.4, 0.5) is 11.4 Å². The van der Waals surface area contributed by atoms with E-state index in [1.54, 1.807) is 32.0 Å². The van der Waals surface area contributed by atoms with E-state index in [1.807, 2.05) is 6.92 Å². The number of halogens is 1. The molecule has 1 heterocycles. The largest absolute Gasteiger partial charge is 0.324 e. The van der Waals surface area contributed by atoms with Gasteiger partial charge in [-0.25, -0.2) is 0 Å². The number of nitrogens with zero attached hydrogens (tertiary/aromatic N) is 3. The maximum absolute atomic E-state index is 12.1. The van der Waals surface area contributed by atoms with Gasteiger partial charge in [-0.1, -0.05) is 17.7 Å². The van der Waals surface area contributed by atoms with E-state index in [0.717, 1.165) is 5.56 Å². The van der Waals surface area contributed by atoms with Gasteiger partial charge >= 0.3 is 5.69 Å². The molecule has 1 aromatic carbocycles. The number of carbonyl (C=O) groups is 1. The van der Waals surface area contributed by atoms with Crippen molar-refractivity contribution in [2.75, 3.05) is 5.32 Å². The number of hydrogen-bond donors (Lipinski definition) is 1. The highest BCUT2D eigenvalue weighted by Gasteiger charge is 2.22. The summed E-state index contributed by atoms with van der Waals surface area (Å²) >= 11 is 5.90. The Morgan fingerprint density at radius 1 is 1.41 bits per heavy atom. The number of amides is 1. The van der Waals surface area contributed by atoms with Crippen molar-refractivity contribution >= 4 is 28.9 Å². The van der Waals surface area contributed by atoms with Gasteiger partial charge in [-0.05, 0) is 38.5 Å². The van der Waals surface area contributed by atoms with Crippen molar-refractivity contribution in [2.24, 2.45) is 0 Å². The van der Waals surface area contributed by atoms with E-state index in [4.69, 9.17) is 11.6 Å². The Bertz CT molecular complexity index is 755. The first-order valence-electron chi connectivity index (χ1n) is 6.54. The summed E-state index contributed by atoms with van der Waals surface area (Å²) in [6, 6.07) is 5.18. The molecular formula is C14H15ClN4O3. The molecule has 22 heavy (non-hydrogen) atoms. The topological polar surface area (TPSA) is 90.1 Å². The molecular weight excluding hydrogens is 308 g/mol. The molecule has 0 aliphatic rings. The fraction of sp³-hybridized carbons (Fsp3) is 0.286. The van der Waals surface area contributed by atoms with Crippen LogP contribution < -0.4 is 5.32 Å². The number of carbonyl (C=O) groups excluding carboxylic acids is 1. The molecule has 0 saturated carbocycles. The molecule has 1 N–H and O–H groups in total. The molecule has 1 aromatic heterocycles. The third kappa shape index (κ3) is 3.25. The summed E-state index contributed by atoms with van der Waals surface area (Å²) in [5, 5.41) is 18.2. The molecule has 116 valence electrons. The Morgan fingerprint density at radius 3 is 2.68 bits per heavy atom. The number of anilines is 1. The third-order valence-electron chi connectivity index (χ3n) is 3.29. The van der Waals surface area contributed by atoms with Crippen LogP contribution in [0, 0.1) is 30.9 Å². The quantitative estimate of drug-likeness (QED) is 0.692. The summed E-state index contributed by atoms with van der Waals surface area (Å²) in [6.07, 6.45) is 0. The minimum atomic E-state index is -0.493. The van der Waals surface area contributed by atoms with Gasteiger partial charge in [-0.15, -0.1) is 0 Å². The standard InChI is InChI=1S/C14H15ClN4O3/c1-8-4-5-11(15)6-12(8)16-13(20)7-18-10(3)14(19(21)22)9(2)17-18/h4-6H,7H2,1-3H3,(H,16,20). The lowest BCUT2D eigenvalue weighted by Crippen LogP contribution is -2.20. The molecule has 7 nitrogen and oxygen atoms in total. The van der Waals surface area contributed by atoms with Crippen LogP contribution in [-0.4, -0.2) is 20.6 Å². The number of nitro groups is 1. The maximum Gasteiger partial charge on any atom is 0.312 e. The number of aryl methyl sites for hydroxylation is 2. The number of aromatic nitrogens is 2. The molecule has 0 saturated heterocycles. The Labute approximate surface area is 132 Å². The SMILES string of the molecule is Cc1ccc(Cl)cc1NC(=O)Cn1nc(C)c([N+](=O)[O-])c1C. The highest BCUT2D eigenvalue weighted by atomic mass is 35.5. The molecule has 0 radical (unpaired) electrons. The van der Waals surface area contributed by atoms with Crippen LogP contribution in [0.3, 0.4) is 0 Å². The summed E-state index contributed by atoms with van der Waals surface area (Å²) in [6.45, 7) is 4.85. The van der Waals surface area contributed by atoms with Crippen molar-refractivity contribution in [3.8, 4) is 0 Å². The van der Waals surface area contributed by atoms with Gasteiger partial charge in [0.15, 0.2) is 0 Å². The van der Waals surface area contributed by atoms with E-state index >= 15 is 0 Å². The Morgan fingerprint density at radius 2 is 2.09 bits per heavy atom. The van der Waals surface area contributed by atoms with Gasteiger partial charge in [0, 0.05) is 10.7 Å². The van der Waals surface area contributed by atoms with Gasteiger partial charge in [-0.2, -0.15) is 5.10 Å². The first kappa shape index (κ1) is 16.0. The molecule has 8 heteroatoms. The smallest absolute Gasteiger partial charge is 0.312 e. The van der Waals surface area contributed by atoms with Crippen LogP contribution in [0.15, 0.2) is 18.2 Å². The highest BCUT2D eigenvalue weighted by molar-refractivity contribution is 6.31. The summed E-state index contributed by atoms with van der Waals surface area (Å²) in [7, 11) is 0. The van der Waals surface area contributed by atoms with Crippen molar-refractivity contribution in [2.45, 2.75) is 27.3 Å². The molecule has 1 amide bonds. The van der Waals surface area contributed by atoms with Crippen LogP contribution in [-0.2, 0) is 11.3 Å². The van der Waals surface area contributed by atoms with E-state index in [-0.39, 0.29) is 23.8 Å². The lowest BCUT2D eigenvalue weighted by molar-refractivity contribution is -0.386. The number of benzene rings is 1. The van der Waals surface area contributed by atoms with Crippen molar-refractivity contribution in [1.29, 1.82) is 0 Å². The Hall–Kier alpha value is -2.41. The predicted molar refractivity (Wildman–Crippen MR) is 83.2 cm³/mol. The average molecular weight is 323 g/mol. The van der Waals surface area contributed by atoms with Crippen LogP contribution >= 0.6 is 11.6 Å². The molecule has 2 rings (SSSR count). The van der Waals surface area contributed by atoms with Crippen LogP contribution in [0.25, 0.3) is 0 Å². The molecule has 0 spiro atoms. The summed E-state index contributed by atoms with van der Waals surface area (Å²) in [5.41, 5.74) is 2.05. The summed E-state index contributed by atoms with van der Waals surface area (Å²) < 4.78 is 1.32. The van der Waals surface area contributed by atoms with Gasteiger partial charge < -0.3 is 5.32 Å². The lowest BCUT2D eigenvalue weighted by Gasteiger charge is -2.09. The lowest BCUT2D eigenvalue weighted by atomic mass is 10.2. The van der Waals surface area contributed by atoms with Crippen LogP contribution in [0.2, 0.25) is 5.02 Å². The zero-order chi connectivity index (χ0) is 16.4. The predicted octanol–water partition coefficient (Wildman–Crippen LogP) is 3.01.